The second-order valence-electron chi connectivity index (χ2n) is 10.7. The van der Waals surface area contributed by atoms with E-state index >= 15 is 0 Å². The van der Waals surface area contributed by atoms with Gasteiger partial charge in [0.25, 0.3) is 0 Å². The van der Waals surface area contributed by atoms with Gasteiger partial charge in [-0.25, -0.2) is 0 Å². The SMILES string of the molecule is N#C[C@@H]1CCCN1C(=O)CN[C@H]1CC[C@H](C(=O)N2CCC(NC(=O)C3CCCCC3)CC2)CC1. The normalized spacial score (nSPS) is 29.0. The van der Waals surface area contributed by atoms with E-state index in [9.17, 15) is 19.6 Å². The summed E-state index contributed by atoms with van der Waals surface area (Å²) >= 11 is 0. The monoisotopic (exact) mass is 471 g/mol. The predicted molar refractivity (Wildman–Crippen MR) is 128 cm³/mol. The van der Waals surface area contributed by atoms with E-state index < -0.39 is 0 Å². The number of nitrogens with zero attached hydrogens (tertiary/aromatic N) is 3. The van der Waals surface area contributed by atoms with E-state index in [-0.39, 0.29) is 54.2 Å². The van der Waals surface area contributed by atoms with E-state index in [2.05, 4.69) is 16.7 Å². The largest absolute Gasteiger partial charge is 0.353 e. The number of amides is 3. The van der Waals surface area contributed by atoms with Crippen molar-refractivity contribution in [2.24, 2.45) is 11.8 Å². The van der Waals surface area contributed by atoms with Gasteiger partial charge in [-0.15, -0.1) is 0 Å². The molecule has 2 saturated heterocycles. The topological polar surface area (TPSA) is 106 Å². The van der Waals surface area contributed by atoms with Gasteiger partial charge < -0.3 is 20.4 Å². The summed E-state index contributed by atoms with van der Waals surface area (Å²) in [4.78, 5) is 41.7. The minimum Gasteiger partial charge on any atom is -0.353 e. The third-order valence-electron chi connectivity index (χ3n) is 8.47. The van der Waals surface area contributed by atoms with Gasteiger partial charge in [-0.1, -0.05) is 19.3 Å². The summed E-state index contributed by atoms with van der Waals surface area (Å²) in [5.41, 5.74) is 0. The highest BCUT2D eigenvalue weighted by Crippen LogP contribution is 2.28. The molecule has 4 fully saturated rings. The summed E-state index contributed by atoms with van der Waals surface area (Å²) in [6.45, 7) is 2.43. The lowest BCUT2D eigenvalue weighted by Crippen LogP contribution is -2.50. The van der Waals surface area contributed by atoms with Crippen molar-refractivity contribution in [1.29, 1.82) is 5.26 Å². The predicted octanol–water partition coefficient (Wildman–Crippen LogP) is 2.34. The van der Waals surface area contributed by atoms with Crippen molar-refractivity contribution in [2.75, 3.05) is 26.2 Å². The lowest BCUT2D eigenvalue weighted by molar-refractivity contribution is -0.138. The Balaban J connectivity index is 1.13. The first-order valence-electron chi connectivity index (χ1n) is 13.6. The number of likely N-dealkylation sites (tertiary alicyclic amines) is 2. The maximum atomic E-state index is 13.1. The number of nitriles is 1. The first kappa shape index (κ1) is 25.0. The summed E-state index contributed by atoms with van der Waals surface area (Å²) in [6, 6.07) is 2.41. The Kier molecular flexibility index (Phi) is 8.82. The molecule has 2 aliphatic heterocycles. The van der Waals surface area contributed by atoms with Crippen LogP contribution in [0.25, 0.3) is 0 Å². The molecule has 4 aliphatic rings. The molecular formula is C26H41N5O3. The van der Waals surface area contributed by atoms with Crippen molar-refractivity contribution < 1.29 is 14.4 Å². The third kappa shape index (κ3) is 6.29. The van der Waals surface area contributed by atoms with E-state index in [1.807, 2.05) is 4.90 Å². The Bertz CT molecular complexity index is 759. The van der Waals surface area contributed by atoms with Crippen LogP contribution in [0.1, 0.15) is 83.5 Å². The molecule has 0 aromatic rings. The van der Waals surface area contributed by atoms with Gasteiger partial charge in [0.2, 0.25) is 17.7 Å². The van der Waals surface area contributed by atoms with Crippen molar-refractivity contribution in [1.82, 2.24) is 20.4 Å². The highest BCUT2D eigenvalue weighted by molar-refractivity contribution is 5.80. The standard InChI is InChI=1S/C26H41N5O3/c27-17-23-7-4-14-31(23)24(32)18-28-21-10-8-20(9-11-21)26(34)30-15-12-22(13-16-30)29-25(33)19-5-2-1-3-6-19/h19-23,28H,1-16,18H2,(H,29,33)/t20-,21-,23-/m0/s1. The van der Waals surface area contributed by atoms with Crippen molar-refractivity contribution in [3.05, 3.63) is 0 Å². The van der Waals surface area contributed by atoms with E-state index in [1.165, 1.54) is 19.3 Å². The van der Waals surface area contributed by atoms with E-state index in [0.717, 1.165) is 77.3 Å². The number of hydrogen-bond acceptors (Lipinski definition) is 5. The van der Waals surface area contributed by atoms with E-state index in [1.54, 1.807) is 4.90 Å². The van der Waals surface area contributed by atoms with Crippen LogP contribution in [0.15, 0.2) is 0 Å². The molecule has 0 unspecified atom stereocenters. The lowest BCUT2D eigenvalue weighted by atomic mass is 9.84. The molecule has 0 bridgehead atoms. The molecule has 8 nitrogen and oxygen atoms in total. The molecule has 0 radical (unpaired) electrons. The molecule has 0 spiro atoms. The Hall–Kier alpha value is -2.14. The first-order chi connectivity index (χ1) is 16.5. The molecule has 188 valence electrons. The highest BCUT2D eigenvalue weighted by atomic mass is 16.2. The zero-order valence-electron chi connectivity index (χ0n) is 20.5. The van der Waals surface area contributed by atoms with Gasteiger partial charge in [-0.3, -0.25) is 14.4 Å². The fraction of sp³-hybridized carbons (Fsp3) is 0.846. The summed E-state index contributed by atoms with van der Waals surface area (Å²) in [5.74, 6) is 0.766. The van der Waals surface area contributed by atoms with Gasteiger partial charge in [0.1, 0.15) is 6.04 Å². The highest BCUT2D eigenvalue weighted by Gasteiger charge is 2.33. The van der Waals surface area contributed by atoms with Gasteiger partial charge in [-0.05, 0) is 64.2 Å². The average Bonchev–Trinajstić information content (AvgIpc) is 3.37. The summed E-state index contributed by atoms with van der Waals surface area (Å²) in [6.07, 6.45) is 12.5. The van der Waals surface area contributed by atoms with Gasteiger partial charge in [0.15, 0.2) is 0 Å². The number of carbonyl (C=O) groups excluding carboxylic acids is 3. The van der Waals surface area contributed by atoms with Gasteiger partial charge in [0.05, 0.1) is 12.6 Å². The van der Waals surface area contributed by atoms with Gasteiger partial charge in [0, 0.05) is 43.6 Å². The van der Waals surface area contributed by atoms with Crippen LogP contribution in [-0.4, -0.2) is 71.8 Å². The molecule has 0 aromatic carbocycles. The fourth-order valence-corrected chi connectivity index (χ4v) is 6.26. The fourth-order valence-electron chi connectivity index (χ4n) is 6.26. The Labute approximate surface area is 203 Å². The van der Waals surface area contributed by atoms with Crippen LogP contribution in [0.4, 0.5) is 0 Å². The van der Waals surface area contributed by atoms with Crippen LogP contribution < -0.4 is 10.6 Å². The van der Waals surface area contributed by atoms with Crippen LogP contribution in [0.5, 0.6) is 0 Å². The van der Waals surface area contributed by atoms with Crippen molar-refractivity contribution in [3.8, 4) is 6.07 Å². The Morgan fingerprint density at radius 2 is 1.47 bits per heavy atom. The molecule has 4 rings (SSSR count). The van der Waals surface area contributed by atoms with Gasteiger partial charge >= 0.3 is 0 Å². The Morgan fingerprint density at radius 1 is 0.765 bits per heavy atom. The van der Waals surface area contributed by atoms with Crippen LogP contribution in [0.3, 0.4) is 0 Å². The van der Waals surface area contributed by atoms with E-state index in [4.69, 9.17) is 0 Å². The number of piperidine rings is 1. The van der Waals surface area contributed by atoms with E-state index in [0.29, 0.717) is 6.54 Å². The molecule has 2 N–H and O–H groups in total. The Morgan fingerprint density at radius 3 is 2.15 bits per heavy atom. The van der Waals surface area contributed by atoms with Crippen LogP contribution in [0.2, 0.25) is 0 Å². The average molecular weight is 472 g/mol. The zero-order chi connectivity index (χ0) is 23.9. The van der Waals surface area contributed by atoms with Crippen molar-refractivity contribution >= 4 is 17.7 Å². The molecule has 8 heteroatoms. The van der Waals surface area contributed by atoms with Crippen LogP contribution >= 0.6 is 0 Å². The molecule has 2 aliphatic carbocycles. The molecule has 34 heavy (non-hydrogen) atoms. The van der Waals surface area contributed by atoms with Crippen LogP contribution in [-0.2, 0) is 14.4 Å². The zero-order valence-corrected chi connectivity index (χ0v) is 20.5. The molecule has 3 amide bonds. The second-order valence-corrected chi connectivity index (χ2v) is 10.7. The molecule has 1 atom stereocenters. The number of rotatable bonds is 6. The quantitative estimate of drug-likeness (QED) is 0.619. The minimum absolute atomic E-state index is 0.0145. The third-order valence-corrected chi connectivity index (χ3v) is 8.47. The summed E-state index contributed by atoms with van der Waals surface area (Å²) < 4.78 is 0. The number of nitrogens with one attached hydrogen (secondary N) is 2. The molecule has 2 heterocycles. The van der Waals surface area contributed by atoms with Crippen molar-refractivity contribution in [3.63, 3.8) is 0 Å². The number of hydrogen-bond donors (Lipinski definition) is 2. The number of carbonyl (C=O) groups is 3. The summed E-state index contributed by atoms with van der Waals surface area (Å²) in [5, 5.41) is 15.8. The molecule has 2 saturated carbocycles. The first-order valence-corrected chi connectivity index (χ1v) is 13.6. The minimum atomic E-state index is -0.271. The maximum Gasteiger partial charge on any atom is 0.237 e. The summed E-state index contributed by atoms with van der Waals surface area (Å²) in [7, 11) is 0. The lowest BCUT2D eigenvalue weighted by Gasteiger charge is -2.37. The molecular weight excluding hydrogens is 430 g/mol. The maximum absolute atomic E-state index is 13.1. The van der Waals surface area contributed by atoms with Crippen LogP contribution in [0, 0.1) is 23.2 Å². The van der Waals surface area contributed by atoms with Gasteiger partial charge in [-0.2, -0.15) is 5.26 Å². The second kappa shape index (κ2) is 12.0. The molecule has 0 aromatic heterocycles. The van der Waals surface area contributed by atoms with Crippen molar-refractivity contribution in [2.45, 2.75) is 102 Å². The smallest absolute Gasteiger partial charge is 0.237 e.